The summed E-state index contributed by atoms with van der Waals surface area (Å²) in [5, 5.41) is 9.76. The second-order valence-corrected chi connectivity index (χ2v) is 8.47. The van der Waals surface area contributed by atoms with E-state index in [9.17, 15) is 14.7 Å². The highest BCUT2D eigenvalue weighted by molar-refractivity contribution is 9.10. The second kappa shape index (κ2) is 9.34. The first-order valence-electron chi connectivity index (χ1n) is 10.5. The van der Waals surface area contributed by atoms with Crippen LogP contribution in [-0.2, 0) is 0 Å². The largest absolute Gasteiger partial charge is 0.493 e. The minimum atomic E-state index is -0.655. The molecule has 0 aliphatic carbocycles. The molecule has 7 nitrogen and oxygen atoms in total. The lowest BCUT2D eigenvalue weighted by Crippen LogP contribution is -2.31. The van der Waals surface area contributed by atoms with Gasteiger partial charge in [-0.3, -0.25) is 9.59 Å². The van der Waals surface area contributed by atoms with E-state index in [4.69, 9.17) is 13.9 Å². The third-order valence-electron chi connectivity index (χ3n) is 5.45. The summed E-state index contributed by atoms with van der Waals surface area (Å²) in [7, 11) is 1.55. The highest BCUT2D eigenvalue weighted by Gasteiger charge is 2.42. The molecule has 1 aliphatic heterocycles. The van der Waals surface area contributed by atoms with Crippen molar-refractivity contribution in [3.63, 3.8) is 0 Å². The summed E-state index contributed by atoms with van der Waals surface area (Å²) >= 11 is 3.40. The fourth-order valence-electron chi connectivity index (χ4n) is 4.00. The summed E-state index contributed by atoms with van der Waals surface area (Å²) in [4.78, 5) is 28.3. The number of benzene rings is 2. The van der Waals surface area contributed by atoms with Crippen LogP contribution in [0.25, 0.3) is 11.0 Å². The summed E-state index contributed by atoms with van der Waals surface area (Å²) < 4.78 is 17.9. The van der Waals surface area contributed by atoms with E-state index in [-0.39, 0.29) is 30.2 Å². The van der Waals surface area contributed by atoms with Crippen LogP contribution in [0.3, 0.4) is 0 Å². The minimum Gasteiger partial charge on any atom is -0.493 e. The first kappa shape index (κ1) is 22.4. The standard InChI is InChI=1S/C24H24BrNO6/c1-3-11-31-18-7-5-14(12-19(18)30-2)21-20-22(28)16-13-15(25)6-8-17(16)32-23(20)24(29)26(21)9-4-10-27/h5-8,12-13,21,27H,3-4,9-11H2,1-2H3. The van der Waals surface area contributed by atoms with Gasteiger partial charge >= 0.3 is 0 Å². The predicted molar refractivity (Wildman–Crippen MR) is 124 cm³/mol. The van der Waals surface area contributed by atoms with Crippen molar-refractivity contribution >= 4 is 32.8 Å². The normalized spacial score (nSPS) is 15.3. The maximum atomic E-state index is 13.5. The Hall–Kier alpha value is -2.84. The minimum absolute atomic E-state index is 0.0399. The van der Waals surface area contributed by atoms with Gasteiger partial charge in [0.25, 0.3) is 5.91 Å². The molecule has 0 bridgehead atoms. The molecule has 32 heavy (non-hydrogen) atoms. The zero-order chi connectivity index (χ0) is 22.8. The number of amides is 1. The summed E-state index contributed by atoms with van der Waals surface area (Å²) in [5.74, 6) is 0.787. The Morgan fingerprint density at radius 2 is 1.97 bits per heavy atom. The zero-order valence-corrected chi connectivity index (χ0v) is 19.5. The molecular weight excluding hydrogens is 478 g/mol. The number of hydrogen-bond donors (Lipinski definition) is 1. The molecule has 4 rings (SSSR count). The fourth-order valence-corrected chi connectivity index (χ4v) is 4.36. The average Bonchev–Trinajstić information content (AvgIpc) is 3.08. The molecule has 1 aliphatic rings. The summed E-state index contributed by atoms with van der Waals surface area (Å²) in [6.07, 6.45) is 1.23. The lowest BCUT2D eigenvalue weighted by Gasteiger charge is -2.25. The lowest BCUT2D eigenvalue weighted by molar-refractivity contribution is 0.0716. The van der Waals surface area contributed by atoms with Gasteiger partial charge in [0.15, 0.2) is 16.9 Å². The number of fused-ring (bicyclic) bond motifs is 2. The number of ether oxygens (including phenoxy) is 2. The third-order valence-corrected chi connectivity index (χ3v) is 5.94. The van der Waals surface area contributed by atoms with Crippen molar-refractivity contribution in [2.24, 2.45) is 0 Å². The van der Waals surface area contributed by atoms with Crippen molar-refractivity contribution in [1.82, 2.24) is 4.90 Å². The van der Waals surface area contributed by atoms with E-state index in [1.807, 2.05) is 13.0 Å². The molecule has 0 saturated carbocycles. The van der Waals surface area contributed by atoms with Gasteiger partial charge in [-0.05, 0) is 48.7 Å². The Morgan fingerprint density at radius 3 is 2.69 bits per heavy atom. The highest BCUT2D eigenvalue weighted by atomic mass is 79.9. The molecule has 0 fully saturated rings. The molecule has 8 heteroatoms. The molecule has 168 valence electrons. The number of hydrogen-bond acceptors (Lipinski definition) is 6. The van der Waals surface area contributed by atoms with Gasteiger partial charge in [-0.1, -0.05) is 28.9 Å². The van der Waals surface area contributed by atoms with E-state index in [0.29, 0.717) is 46.6 Å². The molecule has 2 heterocycles. The molecule has 1 atom stereocenters. The number of aliphatic hydroxyl groups excluding tert-OH is 1. The predicted octanol–water partition coefficient (Wildman–Crippen LogP) is 4.28. The van der Waals surface area contributed by atoms with Crippen LogP contribution in [0.5, 0.6) is 11.5 Å². The van der Waals surface area contributed by atoms with Crippen LogP contribution in [0.2, 0.25) is 0 Å². The SMILES string of the molecule is CCCOc1ccc(C2c3c(oc4ccc(Br)cc4c3=O)C(=O)N2CCCO)cc1OC. The number of nitrogens with zero attached hydrogens (tertiary/aromatic N) is 1. The Kier molecular flexibility index (Phi) is 6.53. The number of rotatable bonds is 8. The number of methoxy groups -OCH3 is 1. The molecule has 0 saturated heterocycles. The number of carbonyl (C=O) groups is 1. The van der Waals surface area contributed by atoms with E-state index in [2.05, 4.69) is 15.9 Å². The molecule has 0 spiro atoms. The van der Waals surface area contributed by atoms with Crippen molar-refractivity contribution < 1.29 is 23.8 Å². The first-order chi connectivity index (χ1) is 15.5. The van der Waals surface area contributed by atoms with E-state index in [1.165, 1.54) is 0 Å². The molecule has 1 N–H and O–H groups in total. The van der Waals surface area contributed by atoms with Gasteiger partial charge in [-0.15, -0.1) is 0 Å². The monoisotopic (exact) mass is 501 g/mol. The van der Waals surface area contributed by atoms with E-state index < -0.39 is 6.04 Å². The zero-order valence-electron chi connectivity index (χ0n) is 17.9. The average molecular weight is 502 g/mol. The van der Waals surface area contributed by atoms with Crippen LogP contribution in [0.15, 0.2) is 50.1 Å². The Bertz CT molecular complexity index is 1220. The molecule has 0 radical (unpaired) electrons. The van der Waals surface area contributed by atoms with Crippen LogP contribution >= 0.6 is 15.9 Å². The molecule has 1 unspecified atom stereocenters. The summed E-state index contributed by atoms with van der Waals surface area (Å²) in [6.45, 7) is 2.77. The topological polar surface area (TPSA) is 89.2 Å². The maximum absolute atomic E-state index is 13.5. The summed E-state index contributed by atoms with van der Waals surface area (Å²) in [6, 6.07) is 9.88. The van der Waals surface area contributed by atoms with Gasteiger partial charge < -0.3 is 23.9 Å². The molecule has 3 aromatic rings. The molecular formula is C24H24BrNO6. The van der Waals surface area contributed by atoms with Crippen LogP contribution in [0, 0.1) is 0 Å². The Balaban J connectivity index is 1.90. The second-order valence-electron chi connectivity index (χ2n) is 7.55. The van der Waals surface area contributed by atoms with Gasteiger partial charge in [0.05, 0.1) is 30.7 Å². The van der Waals surface area contributed by atoms with Gasteiger partial charge in [-0.25, -0.2) is 0 Å². The van der Waals surface area contributed by atoms with Crippen LogP contribution in [-0.4, -0.2) is 42.8 Å². The quantitative estimate of drug-likeness (QED) is 0.495. The maximum Gasteiger partial charge on any atom is 0.290 e. The molecule has 1 aromatic heterocycles. The van der Waals surface area contributed by atoms with Crippen molar-refractivity contribution in [3.05, 3.63) is 68.0 Å². The van der Waals surface area contributed by atoms with Crippen LogP contribution < -0.4 is 14.9 Å². The van der Waals surface area contributed by atoms with E-state index in [0.717, 1.165) is 10.9 Å². The molecule has 1 amide bonds. The molecule has 2 aromatic carbocycles. The summed E-state index contributed by atoms with van der Waals surface area (Å²) in [5.41, 5.74) is 1.10. The Labute approximate surface area is 193 Å². The number of carbonyl (C=O) groups excluding carboxylic acids is 1. The van der Waals surface area contributed by atoms with Crippen molar-refractivity contribution in [3.8, 4) is 11.5 Å². The van der Waals surface area contributed by atoms with Gasteiger partial charge in [0.2, 0.25) is 5.76 Å². The number of halogens is 1. The van der Waals surface area contributed by atoms with E-state index in [1.54, 1.807) is 42.3 Å². The van der Waals surface area contributed by atoms with Gasteiger partial charge in [0, 0.05) is 17.6 Å². The Morgan fingerprint density at radius 1 is 1.16 bits per heavy atom. The van der Waals surface area contributed by atoms with Gasteiger partial charge in [-0.2, -0.15) is 0 Å². The van der Waals surface area contributed by atoms with Crippen molar-refractivity contribution in [2.45, 2.75) is 25.8 Å². The van der Waals surface area contributed by atoms with Crippen molar-refractivity contribution in [2.75, 3.05) is 26.9 Å². The third kappa shape index (κ3) is 3.89. The van der Waals surface area contributed by atoms with E-state index >= 15 is 0 Å². The lowest BCUT2D eigenvalue weighted by atomic mass is 9.98. The first-order valence-corrected chi connectivity index (χ1v) is 11.3. The highest BCUT2D eigenvalue weighted by Crippen LogP contribution is 2.41. The van der Waals surface area contributed by atoms with Gasteiger partial charge in [0.1, 0.15) is 5.58 Å². The van der Waals surface area contributed by atoms with Crippen molar-refractivity contribution in [1.29, 1.82) is 0 Å². The number of aliphatic hydroxyl groups is 1. The fraction of sp³-hybridized carbons (Fsp3) is 0.333. The van der Waals surface area contributed by atoms with Crippen LogP contribution in [0.4, 0.5) is 0 Å². The smallest absolute Gasteiger partial charge is 0.290 e. The van der Waals surface area contributed by atoms with Crippen LogP contribution in [0.1, 0.15) is 47.5 Å².